The maximum Gasteiger partial charge on any atom is 0.408 e. The van der Waals surface area contributed by atoms with Gasteiger partial charge in [-0.2, -0.15) is 13.2 Å². The van der Waals surface area contributed by atoms with Gasteiger partial charge < -0.3 is 19.5 Å². The van der Waals surface area contributed by atoms with Crippen LogP contribution < -0.4 is 10.2 Å². The highest BCUT2D eigenvalue weighted by atomic mass is 35.5. The number of anilines is 1. The number of ether oxygens (including phenoxy) is 1. The molecule has 7 nitrogen and oxygen atoms in total. The Morgan fingerprint density at radius 2 is 1.63 bits per heavy atom. The van der Waals surface area contributed by atoms with E-state index in [1.54, 1.807) is 0 Å². The lowest BCUT2D eigenvalue weighted by atomic mass is 9.86. The zero-order valence-electron chi connectivity index (χ0n) is 23.8. The molecule has 0 unspecified atom stereocenters. The van der Waals surface area contributed by atoms with Crippen LogP contribution in [-0.2, 0) is 17.4 Å². The fraction of sp³-hybridized carbons (Fsp3) is 0.375. The molecule has 1 N–H and O–H groups in total. The Balaban J connectivity index is 1.11. The third-order valence-corrected chi connectivity index (χ3v) is 8.68. The third kappa shape index (κ3) is 5.90. The summed E-state index contributed by atoms with van der Waals surface area (Å²) in [4.78, 5) is 22.3. The van der Waals surface area contributed by atoms with Crippen LogP contribution in [0.15, 0.2) is 66.7 Å². The fourth-order valence-electron chi connectivity index (χ4n) is 6.40. The topological polar surface area (TPSA) is 62.6 Å². The Kier molecular flexibility index (Phi) is 8.00. The number of amides is 1. The number of halogens is 4. The summed E-state index contributed by atoms with van der Waals surface area (Å²) in [6.07, 6.45) is -3.57. The number of nitrogens with zero attached hydrogens (tertiary/aromatic N) is 4. The van der Waals surface area contributed by atoms with Crippen LogP contribution in [0.5, 0.6) is 0 Å². The van der Waals surface area contributed by atoms with Crippen LogP contribution in [-0.4, -0.2) is 66.0 Å². The minimum atomic E-state index is -4.53. The molecule has 1 amide bonds. The number of carbonyl (C=O) groups excluding carboxylic acids is 1. The van der Waals surface area contributed by atoms with E-state index >= 15 is 0 Å². The van der Waals surface area contributed by atoms with Crippen molar-refractivity contribution >= 4 is 34.7 Å². The van der Waals surface area contributed by atoms with Crippen molar-refractivity contribution in [2.75, 3.05) is 44.2 Å². The molecule has 0 saturated carbocycles. The van der Waals surface area contributed by atoms with Gasteiger partial charge in [-0.15, -0.1) is 0 Å². The average Bonchev–Trinajstić information content (AvgIpc) is 3.46. The van der Waals surface area contributed by atoms with Crippen molar-refractivity contribution in [3.8, 4) is 11.1 Å². The quantitative estimate of drug-likeness (QED) is 0.224. The Labute approximate surface area is 253 Å². The van der Waals surface area contributed by atoms with Gasteiger partial charge in [-0.3, -0.25) is 4.90 Å². The molecule has 0 bridgehead atoms. The van der Waals surface area contributed by atoms with E-state index < -0.39 is 24.4 Å². The third-order valence-electron chi connectivity index (χ3n) is 8.44. The van der Waals surface area contributed by atoms with Gasteiger partial charge in [0.15, 0.2) is 5.60 Å². The minimum absolute atomic E-state index is 0.461. The summed E-state index contributed by atoms with van der Waals surface area (Å²) in [7, 11) is 2.01. The highest BCUT2D eigenvalue weighted by molar-refractivity contribution is 6.31. The molecule has 0 atom stereocenters. The van der Waals surface area contributed by atoms with E-state index in [2.05, 4.69) is 14.4 Å². The first kappa shape index (κ1) is 29.3. The molecule has 1 fully saturated rings. The normalized spacial score (nSPS) is 16.3. The molecule has 1 saturated heterocycles. The highest BCUT2D eigenvalue weighted by Crippen LogP contribution is 2.52. The van der Waals surface area contributed by atoms with E-state index in [-0.39, 0.29) is 0 Å². The standard InChI is InChI=1S/C32H33ClF3N5O2/c1-39-28-20-22(33)12-13-27(28)38-29(39)41-18-16-40(17-19-41)15-7-6-14-31(43-30(42)37-21-32(34,35)36)25-10-4-2-8-23(25)24-9-3-5-11-26(24)31/h2-5,8-13,20H,6-7,14-19,21H2,1H3,(H,37,42). The predicted molar refractivity (Wildman–Crippen MR) is 161 cm³/mol. The first-order chi connectivity index (χ1) is 20.6. The van der Waals surface area contributed by atoms with Crippen LogP contribution >= 0.6 is 11.6 Å². The number of aryl methyl sites for hydroxylation is 1. The number of alkyl carbamates (subject to hydrolysis) is 1. The molecule has 6 rings (SSSR count). The number of carbonyl (C=O) groups is 1. The number of aromatic nitrogens is 2. The Hall–Kier alpha value is -3.76. The highest BCUT2D eigenvalue weighted by Gasteiger charge is 2.46. The van der Waals surface area contributed by atoms with Gasteiger partial charge in [-0.1, -0.05) is 60.1 Å². The molecule has 3 aromatic carbocycles. The number of benzene rings is 3. The van der Waals surface area contributed by atoms with E-state index in [9.17, 15) is 18.0 Å². The Morgan fingerprint density at radius 1 is 0.977 bits per heavy atom. The van der Waals surface area contributed by atoms with Crippen LogP contribution in [0, 0.1) is 0 Å². The molecule has 2 heterocycles. The van der Waals surface area contributed by atoms with E-state index in [0.29, 0.717) is 11.4 Å². The smallest absolute Gasteiger partial charge is 0.408 e. The van der Waals surface area contributed by atoms with Gasteiger partial charge in [0.05, 0.1) is 11.0 Å². The number of imidazole rings is 1. The predicted octanol–water partition coefficient (Wildman–Crippen LogP) is 6.73. The van der Waals surface area contributed by atoms with Gasteiger partial charge in [-0.05, 0) is 55.1 Å². The Morgan fingerprint density at radius 3 is 2.28 bits per heavy atom. The van der Waals surface area contributed by atoms with Gasteiger partial charge in [0.2, 0.25) is 5.95 Å². The number of alkyl halides is 3. The summed E-state index contributed by atoms with van der Waals surface area (Å²) >= 11 is 6.19. The first-order valence-corrected chi connectivity index (χ1v) is 14.8. The molecular weight excluding hydrogens is 579 g/mol. The van der Waals surface area contributed by atoms with Crippen molar-refractivity contribution in [2.45, 2.75) is 31.0 Å². The second-order valence-corrected chi connectivity index (χ2v) is 11.6. The summed E-state index contributed by atoms with van der Waals surface area (Å²) in [6, 6.07) is 21.0. The molecule has 4 aromatic rings. The monoisotopic (exact) mass is 611 g/mol. The fourth-order valence-corrected chi connectivity index (χ4v) is 6.56. The number of piperazine rings is 1. The van der Waals surface area contributed by atoms with Crippen molar-refractivity contribution in [1.82, 2.24) is 19.8 Å². The van der Waals surface area contributed by atoms with Crippen molar-refractivity contribution in [1.29, 1.82) is 0 Å². The van der Waals surface area contributed by atoms with Crippen molar-refractivity contribution in [3.63, 3.8) is 0 Å². The summed E-state index contributed by atoms with van der Waals surface area (Å²) in [5.41, 5.74) is 4.23. The summed E-state index contributed by atoms with van der Waals surface area (Å²) in [5, 5.41) is 2.58. The van der Waals surface area contributed by atoms with Gasteiger partial charge in [0, 0.05) is 49.4 Å². The van der Waals surface area contributed by atoms with E-state index in [4.69, 9.17) is 21.3 Å². The molecular formula is C32H33ClF3N5O2. The van der Waals surface area contributed by atoms with Crippen molar-refractivity contribution in [2.24, 2.45) is 7.05 Å². The summed E-state index contributed by atoms with van der Waals surface area (Å²) in [5.74, 6) is 0.929. The number of hydrogen-bond donors (Lipinski definition) is 1. The molecule has 11 heteroatoms. The van der Waals surface area contributed by atoms with Crippen LogP contribution in [0.1, 0.15) is 30.4 Å². The number of unbranched alkanes of at least 4 members (excludes halogenated alkanes) is 1. The molecule has 0 spiro atoms. The van der Waals surface area contributed by atoms with Gasteiger partial charge in [-0.25, -0.2) is 9.78 Å². The van der Waals surface area contributed by atoms with E-state index in [1.807, 2.05) is 79.1 Å². The number of nitrogens with one attached hydrogen (secondary N) is 1. The molecule has 43 heavy (non-hydrogen) atoms. The molecule has 0 radical (unpaired) electrons. The number of rotatable bonds is 8. The largest absolute Gasteiger partial charge is 0.433 e. The van der Waals surface area contributed by atoms with Crippen LogP contribution in [0.25, 0.3) is 22.2 Å². The van der Waals surface area contributed by atoms with Crippen LogP contribution in [0.4, 0.5) is 23.9 Å². The molecule has 2 aliphatic rings. The molecule has 226 valence electrons. The van der Waals surface area contributed by atoms with E-state index in [0.717, 1.165) is 84.8 Å². The Bertz CT molecular complexity index is 1590. The average molecular weight is 612 g/mol. The maximum atomic E-state index is 12.8. The lowest BCUT2D eigenvalue weighted by Crippen LogP contribution is -2.47. The zero-order chi connectivity index (χ0) is 30.2. The minimum Gasteiger partial charge on any atom is -0.433 e. The molecule has 1 aliphatic carbocycles. The number of fused-ring (bicyclic) bond motifs is 4. The van der Waals surface area contributed by atoms with Crippen molar-refractivity contribution < 1.29 is 22.7 Å². The van der Waals surface area contributed by atoms with Crippen molar-refractivity contribution in [3.05, 3.63) is 82.9 Å². The second-order valence-electron chi connectivity index (χ2n) is 11.2. The zero-order valence-corrected chi connectivity index (χ0v) is 24.6. The van der Waals surface area contributed by atoms with E-state index in [1.165, 1.54) is 0 Å². The summed E-state index contributed by atoms with van der Waals surface area (Å²) < 4.78 is 46.6. The first-order valence-electron chi connectivity index (χ1n) is 14.5. The lowest BCUT2D eigenvalue weighted by Gasteiger charge is -2.35. The van der Waals surface area contributed by atoms with Gasteiger partial charge in [0.1, 0.15) is 6.54 Å². The molecule has 1 aliphatic heterocycles. The summed E-state index contributed by atoms with van der Waals surface area (Å²) in [6.45, 7) is 2.88. The SMILES string of the molecule is Cn1c(N2CCN(CCCCC3(OC(=O)NCC(F)(F)F)c4ccccc4-c4ccccc43)CC2)nc2ccc(Cl)cc21. The lowest BCUT2D eigenvalue weighted by molar-refractivity contribution is -0.124. The second kappa shape index (κ2) is 11.7. The molecule has 1 aromatic heterocycles. The van der Waals surface area contributed by atoms with Gasteiger partial charge in [0.25, 0.3) is 0 Å². The van der Waals surface area contributed by atoms with Crippen LogP contribution in [0.2, 0.25) is 5.02 Å². The van der Waals surface area contributed by atoms with Gasteiger partial charge >= 0.3 is 12.3 Å². The maximum absolute atomic E-state index is 12.8. The number of hydrogen-bond acceptors (Lipinski definition) is 5. The van der Waals surface area contributed by atoms with Crippen LogP contribution in [0.3, 0.4) is 0 Å².